The number of nitrogens with zero attached hydrogens (tertiary/aromatic N) is 1. The molecule has 0 spiro atoms. The summed E-state index contributed by atoms with van der Waals surface area (Å²) in [5.74, 6) is 0.614. The molecule has 1 aromatic carbocycles. The van der Waals surface area contributed by atoms with Crippen LogP contribution in [0.5, 0.6) is 0 Å². The predicted octanol–water partition coefficient (Wildman–Crippen LogP) is 3.21. The number of hydrogen-bond donors (Lipinski definition) is 1. The molecule has 19 heavy (non-hydrogen) atoms. The third-order valence-electron chi connectivity index (χ3n) is 3.19. The van der Waals surface area contributed by atoms with Gasteiger partial charge in [-0.15, -0.1) is 0 Å². The first kappa shape index (κ1) is 15.7. The lowest BCUT2D eigenvalue weighted by Crippen LogP contribution is -2.36. The van der Waals surface area contributed by atoms with Crippen LogP contribution in [0, 0.1) is 17.2 Å². The van der Waals surface area contributed by atoms with E-state index in [-0.39, 0.29) is 6.10 Å². The van der Waals surface area contributed by atoms with Gasteiger partial charge < -0.3 is 10.5 Å². The quantitative estimate of drug-likeness (QED) is 0.819. The van der Waals surface area contributed by atoms with E-state index in [1.165, 1.54) is 0 Å². The van der Waals surface area contributed by atoms with Crippen LogP contribution in [0.2, 0.25) is 0 Å². The topological polar surface area (TPSA) is 59.0 Å². The molecule has 0 bridgehead atoms. The summed E-state index contributed by atoms with van der Waals surface area (Å²) in [5, 5.41) is 9.32. The molecule has 0 amide bonds. The monoisotopic (exact) mass is 260 g/mol. The Hall–Kier alpha value is -1.37. The summed E-state index contributed by atoms with van der Waals surface area (Å²) < 4.78 is 5.74. The van der Waals surface area contributed by atoms with Gasteiger partial charge >= 0.3 is 0 Å². The lowest BCUT2D eigenvalue weighted by molar-refractivity contribution is 0.0440. The van der Waals surface area contributed by atoms with Crippen LogP contribution in [-0.2, 0) is 10.3 Å². The van der Waals surface area contributed by atoms with E-state index >= 15 is 0 Å². The van der Waals surface area contributed by atoms with Crippen molar-refractivity contribution in [2.75, 3.05) is 6.61 Å². The van der Waals surface area contributed by atoms with Gasteiger partial charge in [-0.1, -0.05) is 44.2 Å². The Kier molecular flexibility index (Phi) is 6.01. The van der Waals surface area contributed by atoms with Gasteiger partial charge in [0.2, 0.25) is 0 Å². The zero-order valence-electron chi connectivity index (χ0n) is 12.1. The highest BCUT2D eigenvalue weighted by Gasteiger charge is 2.26. The molecule has 3 nitrogen and oxygen atoms in total. The molecule has 2 atom stereocenters. The van der Waals surface area contributed by atoms with E-state index in [0.717, 1.165) is 12.0 Å². The first-order valence-electron chi connectivity index (χ1n) is 6.85. The van der Waals surface area contributed by atoms with Crippen LogP contribution >= 0.6 is 0 Å². The maximum Gasteiger partial charge on any atom is 0.132 e. The summed E-state index contributed by atoms with van der Waals surface area (Å²) in [6, 6.07) is 11.7. The average Bonchev–Trinajstić information content (AvgIpc) is 2.38. The molecule has 0 aliphatic carbocycles. The molecule has 0 radical (unpaired) electrons. The van der Waals surface area contributed by atoms with Crippen LogP contribution in [0.3, 0.4) is 0 Å². The molecular weight excluding hydrogens is 236 g/mol. The summed E-state index contributed by atoms with van der Waals surface area (Å²) in [6.07, 6.45) is 1.74. The second-order valence-corrected chi connectivity index (χ2v) is 5.51. The molecule has 104 valence electrons. The van der Waals surface area contributed by atoms with Gasteiger partial charge in [-0.3, -0.25) is 0 Å². The van der Waals surface area contributed by atoms with Gasteiger partial charge in [-0.25, -0.2) is 0 Å². The van der Waals surface area contributed by atoms with Crippen LogP contribution in [0.15, 0.2) is 30.3 Å². The van der Waals surface area contributed by atoms with E-state index in [0.29, 0.717) is 18.9 Å². The van der Waals surface area contributed by atoms with Crippen molar-refractivity contribution in [3.8, 4) is 6.07 Å². The van der Waals surface area contributed by atoms with Gasteiger partial charge in [0.25, 0.3) is 0 Å². The molecule has 2 N–H and O–H groups in total. The summed E-state index contributed by atoms with van der Waals surface area (Å²) in [7, 11) is 0. The predicted molar refractivity (Wildman–Crippen MR) is 77.4 cm³/mol. The Labute approximate surface area is 116 Å². The first-order chi connectivity index (χ1) is 8.98. The van der Waals surface area contributed by atoms with Gasteiger partial charge in [0.05, 0.1) is 18.8 Å². The molecule has 0 aliphatic heterocycles. The molecule has 0 aromatic heterocycles. The SMILES string of the molecule is CC(C)CC(C)OCCC(N)(C#N)c1ccccc1. The van der Waals surface area contributed by atoms with Crippen molar-refractivity contribution < 1.29 is 4.74 Å². The molecule has 0 saturated carbocycles. The molecule has 0 heterocycles. The highest BCUT2D eigenvalue weighted by molar-refractivity contribution is 5.30. The van der Waals surface area contributed by atoms with Crippen molar-refractivity contribution in [3.05, 3.63) is 35.9 Å². The molecule has 2 unspecified atom stereocenters. The van der Waals surface area contributed by atoms with Crippen LogP contribution < -0.4 is 5.73 Å². The van der Waals surface area contributed by atoms with Crippen molar-refractivity contribution in [1.29, 1.82) is 5.26 Å². The number of rotatable bonds is 7. The molecule has 3 heteroatoms. The van der Waals surface area contributed by atoms with Crippen molar-refractivity contribution >= 4 is 0 Å². The van der Waals surface area contributed by atoms with E-state index in [1.54, 1.807) is 0 Å². The molecular formula is C16H24N2O. The van der Waals surface area contributed by atoms with Gasteiger partial charge in [-0.05, 0) is 24.8 Å². The highest BCUT2D eigenvalue weighted by atomic mass is 16.5. The summed E-state index contributed by atoms with van der Waals surface area (Å²) >= 11 is 0. The van der Waals surface area contributed by atoms with Crippen LogP contribution in [-0.4, -0.2) is 12.7 Å². The van der Waals surface area contributed by atoms with Gasteiger partial charge in [0, 0.05) is 6.42 Å². The molecule has 1 aromatic rings. The second-order valence-electron chi connectivity index (χ2n) is 5.51. The first-order valence-corrected chi connectivity index (χ1v) is 6.85. The molecule has 0 fully saturated rings. The fourth-order valence-corrected chi connectivity index (χ4v) is 2.15. The number of benzene rings is 1. The second kappa shape index (κ2) is 7.28. The number of ether oxygens (including phenoxy) is 1. The Morgan fingerprint density at radius 2 is 1.89 bits per heavy atom. The Balaban J connectivity index is 2.52. The minimum absolute atomic E-state index is 0.207. The van der Waals surface area contributed by atoms with Crippen molar-refractivity contribution in [2.45, 2.75) is 45.3 Å². The van der Waals surface area contributed by atoms with E-state index in [2.05, 4.69) is 26.8 Å². The summed E-state index contributed by atoms with van der Waals surface area (Å²) in [4.78, 5) is 0. The fraction of sp³-hybridized carbons (Fsp3) is 0.562. The Morgan fingerprint density at radius 3 is 2.42 bits per heavy atom. The van der Waals surface area contributed by atoms with E-state index in [1.807, 2.05) is 30.3 Å². The Morgan fingerprint density at radius 1 is 1.26 bits per heavy atom. The normalized spacial score (nSPS) is 15.8. The molecule has 0 aliphatic rings. The van der Waals surface area contributed by atoms with Crippen molar-refractivity contribution in [1.82, 2.24) is 0 Å². The third-order valence-corrected chi connectivity index (χ3v) is 3.19. The van der Waals surface area contributed by atoms with Crippen molar-refractivity contribution in [2.24, 2.45) is 11.7 Å². The average molecular weight is 260 g/mol. The molecule has 1 rings (SSSR count). The van der Waals surface area contributed by atoms with E-state index < -0.39 is 5.54 Å². The van der Waals surface area contributed by atoms with Gasteiger partial charge in [0.1, 0.15) is 5.54 Å². The van der Waals surface area contributed by atoms with E-state index in [4.69, 9.17) is 10.5 Å². The number of nitriles is 1. The lowest BCUT2D eigenvalue weighted by Gasteiger charge is -2.23. The van der Waals surface area contributed by atoms with E-state index in [9.17, 15) is 5.26 Å². The maximum absolute atomic E-state index is 9.32. The largest absolute Gasteiger partial charge is 0.378 e. The fourth-order valence-electron chi connectivity index (χ4n) is 2.15. The minimum Gasteiger partial charge on any atom is -0.378 e. The lowest BCUT2D eigenvalue weighted by atomic mass is 9.89. The zero-order chi connectivity index (χ0) is 14.3. The smallest absolute Gasteiger partial charge is 0.132 e. The number of hydrogen-bond acceptors (Lipinski definition) is 3. The van der Waals surface area contributed by atoms with Crippen molar-refractivity contribution in [3.63, 3.8) is 0 Å². The van der Waals surface area contributed by atoms with Crippen LogP contribution in [0.25, 0.3) is 0 Å². The maximum atomic E-state index is 9.32. The molecule has 0 saturated heterocycles. The van der Waals surface area contributed by atoms with Gasteiger partial charge in [0.15, 0.2) is 0 Å². The van der Waals surface area contributed by atoms with Gasteiger partial charge in [-0.2, -0.15) is 5.26 Å². The minimum atomic E-state index is -0.960. The van der Waals surface area contributed by atoms with Crippen LogP contribution in [0.1, 0.15) is 39.2 Å². The number of nitrogens with two attached hydrogens (primary N) is 1. The van der Waals surface area contributed by atoms with Crippen LogP contribution in [0.4, 0.5) is 0 Å². The third kappa shape index (κ3) is 5.02. The zero-order valence-corrected chi connectivity index (χ0v) is 12.1. The standard InChI is InChI=1S/C16H24N2O/c1-13(2)11-14(3)19-10-9-16(18,12-17)15-7-5-4-6-8-15/h4-8,13-14H,9-11,18H2,1-3H3. The summed E-state index contributed by atoms with van der Waals surface area (Å²) in [5.41, 5.74) is 6.05. The summed E-state index contributed by atoms with van der Waals surface area (Å²) in [6.45, 7) is 6.92. The highest BCUT2D eigenvalue weighted by Crippen LogP contribution is 2.21. The Bertz CT molecular complexity index is 411.